The van der Waals surface area contributed by atoms with Gasteiger partial charge < -0.3 is 14.8 Å². The number of rotatable bonds is 5. The molecule has 0 unspecified atom stereocenters. The van der Waals surface area contributed by atoms with E-state index in [9.17, 15) is 9.90 Å². The summed E-state index contributed by atoms with van der Waals surface area (Å²) in [5, 5.41) is 13.0. The number of nitrogens with zero attached hydrogens (tertiary/aromatic N) is 3. The number of nitrogens with one attached hydrogen (secondary N) is 1. The van der Waals surface area contributed by atoms with Crippen LogP contribution in [-0.2, 0) is 9.53 Å². The first-order valence-electron chi connectivity index (χ1n) is 14.4. The molecular weight excluding hydrogens is 752 g/mol. The molecule has 4 aliphatic heterocycles. The van der Waals surface area contributed by atoms with Gasteiger partial charge in [-0.25, -0.2) is 15.0 Å². The number of hydrogen-bond acceptors (Lipinski definition) is 6. The monoisotopic (exact) mass is 780 g/mol. The van der Waals surface area contributed by atoms with E-state index >= 15 is 0 Å². The molecule has 0 atom stereocenters. The van der Waals surface area contributed by atoms with E-state index < -0.39 is 0 Å². The van der Waals surface area contributed by atoms with Crippen molar-refractivity contribution in [3.63, 3.8) is 0 Å². The topological polar surface area (TPSA) is 99.4 Å². The van der Waals surface area contributed by atoms with Crippen molar-refractivity contribution >= 4 is 85.9 Å². The minimum atomic E-state index is -0.293. The van der Waals surface area contributed by atoms with Gasteiger partial charge in [0, 0.05) is 29.6 Å². The number of ether oxygens (including phenoxy) is 1. The normalized spacial score (nSPS) is 19.7. The van der Waals surface area contributed by atoms with Crippen molar-refractivity contribution in [3.8, 4) is 0 Å². The lowest BCUT2D eigenvalue weighted by Gasteiger charge is -2.10. The maximum atomic E-state index is 12.3. The number of methoxy groups -OCH3 is 1. The molecule has 6 rings (SSSR count). The van der Waals surface area contributed by atoms with E-state index in [0.29, 0.717) is 18.6 Å². The Morgan fingerprint density at radius 3 is 2.16 bits per heavy atom. The van der Waals surface area contributed by atoms with Crippen LogP contribution in [0.3, 0.4) is 0 Å². The largest absolute Gasteiger partial charge is 0.511 e. The Hall–Kier alpha value is -3.08. The minimum absolute atomic E-state index is 0.207. The summed E-state index contributed by atoms with van der Waals surface area (Å²) >= 11 is 11.7. The fourth-order valence-electron chi connectivity index (χ4n) is 6.57. The van der Waals surface area contributed by atoms with Crippen LogP contribution >= 0.6 is 47.8 Å². The zero-order valence-corrected chi connectivity index (χ0v) is 30.1. The molecule has 226 valence electrons. The maximum absolute atomic E-state index is 12.3. The molecule has 10 heteroatoms. The second-order valence-electron chi connectivity index (χ2n) is 11.2. The fourth-order valence-corrected chi connectivity index (χ4v) is 8.76. The number of halogens is 3. The predicted molar refractivity (Wildman–Crippen MR) is 189 cm³/mol. The number of aromatic amines is 1. The molecule has 1 aliphatic carbocycles. The number of carbonyl (C=O) groups excluding carboxylic acids is 1. The Morgan fingerprint density at radius 1 is 0.909 bits per heavy atom. The highest BCUT2D eigenvalue weighted by Gasteiger charge is 2.39. The van der Waals surface area contributed by atoms with Crippen LogP contribution in [0.1, 0.15) is 64.5 Å². The van der Waals surface area contributed by atoms with E-state index in [-0.39, 0.29) is 18.1 Å². The molecular formula is C34H31Br3N4O3. The number of H-pyrrole nitrogens is 1. The molecule has 1 aromatic heterocycles. The number of hydrogen-bond donors (Lipinski definition) is 2. The number of aliphatic hydroxyl groups is 1. The van der Waals surface area contributed by atoms with Crippen LogP contribution in [0.25, 0.3) is 15.0 Å². The molecule has 0 radical (unpaired) electrons. The van der Waals surface area contributed by atoms with Gasteiger partial charge >= 0.3 is 5.97 Å². The van der Waals surface area contributed by atoms with Crippen molar-refractivity contribution in [2.24, 2.45) is 15.0 Å². The third-order valence-corrected chi connectivity index (χ3v) is 11.3. The minimum Gasteiger partial charge on any atom is -0.511 e. The molecule has 0 amide bonds. The maximum Gasteiger partial charge on any atom is 0.305 e. The van der Waals surface area contributed by atoms with E-state index in [1.54, 1.807) is 0 Å². The summed E-state index contributed by atoms with van der Waals surface area (Å²) in [6, 6.07) is 0. The lowest BCUT2D eigenvalue weighted by molar-refractivity contribution is -0.140. The summed E-state index contributed by atoms with van der Waals surface area (Å²) in [7, 11) is 1.40. The van der Waals surface area contributed by atoms with E-state index in [4.69, 9.17) is 19.7 Å². The smallest absolute Gasteiger partial charge is 0.305 e. The van der Waals surface area contributed by atoms with E-state index in [1.807, 2.05) is 19.9 Å². The number of esters is 1. The summed E-state index contributed by atoms with van der Waals surface area (Å²) in [4.78, 5) is 31.4. The van der Waals surface area contributed by atoms with E-state index in [0.717, 1.165) is 109 Å². The number of allylic oxidation sites excluding steroid dienone is 8. The second-order valence-corrected chi connectivity index (χ2v) is 13.6. The van der Waals surface area contributed by atoms with Crippen LogP contribution in [0, 0.1) is 6.92 Å². The van der Waals surface area contributed by atoms with Crippen LogP contribution < -0.4 is 10.7 Å². The lowest BCUT2D eigenvalue weighted by Crippen LogP contribution is -2.19. The second kappa shape index (κ2) is 11.4. The van der Waals surface area contributed by atoms with Gasteiger partial charge in [-0.15, -0.1) is 0 Å². The molecule has 0 aromatic carbocycles. The summed E-state index contributed by atoms with van der Waals surface area (Å²) in [5.74, 6) is -0.0325. The molecule has 0 spiro atoms. The molecule has 0 saturated carbocycles. The van der Waals surface area contributed by atoms with Crippen molar-refractivity contribution in [1.29, 1.82) is 0 Å². The van der Waals surface area contributed by atoms with Gasteiger partial charge in [-0.05, 0) is 122 Å². The number of aliphatic imine (C=N–C) groups is 3. The molecule has 7 nitrogen and oxygen atoms in total. The van der Waals surface area contributed by atoms with Crippen LogP contribution in [0.15, 0.2) is 87.9 Å². The van der Waals surface area contributed by atoms with Gasteiger partial charge in [0.25, 0.3) is 0 Å². The lowest BCUT2D eigenvalue weighted by atomic mass is 9.96. The van der Waals surface area contributed by atoms with Gasteiger partial charge in [0.1, 0.15) is 5.76 Å². The van der Waals surface area contributed by atoms with Crippen LogP contribution in [0.5, 0.6) is 0 Å². The highest BCUT2D eigenvalue weighted by molar-refractivity contribution is 9.15. The first-order valence-corrected chi connectivity index (χ1v) is 16.7. The standard InChI is InChI=1S/C34H31Br3N4O3/c1-8-17-13(3)27-24(35)29-15(5)19(10-11-22(43)44-7)31(38-29)20-12-21(42)23-16(6)30(39-32(20)23)26(37)34-18(9-2)14(4)28(41-34)25(36)33(17)40-27/h8,40,42H,1,9-12H2,2-7H3. The van der Waals surface area contributed by atoms with Crippen LogP contribution in [0.4, 0.5) is 0 Å². The fraction of sp³-hybridized carbons (Fsp3) is 0.294. The Labute approximate surface area is 281 Å². The summed E-state index contributed by atoms with van der Waals surface area (Å²) in [5.41, 5.74) is 13.1. The highest BCUT2D eigenvalue weighted by Crippen LogP contribution is 2.48. The molecule has 0 fully saturated rings. The molecule has 1 aromatic rings. The molecule has 2 N–H and O–H groups in total. The van der Waals surface area contributed by atoms with Gasteiger partial charge in [-0.1, -0.05) is 19.6 Å². The van der Waals surface area contributed by atoms with Gasteiger partial charge in [-0.3, -0.25) is 4.79 Å². The Bertz CT molecular complexity index is 2060. The quantitative estimate of drug-likeness (QED) is 0.300. The number of fused-ring (bicyclic) bond motifs is 5. The third-order valence-electron chi connectivity index (χ3n) is 8.96. The van der Waals surface area contributed by atoms with Crippen molar-refractivity contribution < 1.29 is 14.6 Å². The summed E-state index contributed by atoms with van der Waals surface area (Å²) in [6.07, 6.45) is 3.59. The van der Waals surface area contributed by atoms with Crippen LogP contribution in [-0.4, -0.2) is 40.3 Å². The van der Waals surface area contributed by atoms with Gasteiger partial charge in [-0.2, -0.15) is 0 Å². The highest BCUT2D eigenvalue weighted by atomic mass is 79.9. The van der Waals surface area contributed by atoms with E-state index in [1.165, 1.54) is 7.11 Å². The Kier molecular flexibility index (Phi) is 7.99. The van der Waals surface area contributed by atoms with E-state index in [2.05, 4.69) is 80.1 Å². The number of aromatic nitrogens is 1. The average molecular weight is 783 g/mol. The summed E-state index contributed by atoms with van der Waals surface area (Å²) < 4.78 is 7.36. The van der Waals surface area contributed by atoms with Crippen LogP contribution in [0.2, 0.25) is 0 Å². The number of aliphatic hydroxyl groups excluding tert-OH is 1. The zero-order chi connectivity index (χ0) is 31.8. The average Bonchev–Trinajstić information content (AvgIpc) is 3.78. The van der Waals surface area contributed by atoms with Crippen molar-refractivity contribution in [2.45, 2.75) is 60.3 Å². The zero-order valence-electron chi connectivity index (χ0n) is 25.4. The van der Waals surface area contributed by atoms with Gasteiger partial charge in [0.2, 0.25) is 0 Å². The van der Waals surface area contributed by atoms with Gasteiger partial charge in [0.15, 0.2) is 0 Å². The summed E-state index contributed by atoms with van der Waals surface area (Å²) in [6.45, 7) is 14.4. The Morgan fingerprint density at radius 2 is 1.52 bits per heavy atom. The number of carbonyl (C=O) groups is 1. The first-order chi connectivity index (χ1) is 20.9. The molecule has 0 saturated heterocycles. The van der Waals surface area contributed by atoms with Crippen molar-refractivity contribution in [1.82, 2.24) is 4.98 Å². The Balaban J connectivity index is 1.76. The molecule has 5 aliphatic rings. The predicted octanol–water partition coefficient (Wildman–Crippen LogP) is 7.70. The molecule has 8 bridgehead atoms. The third kappa shape index (κ3) is 4.47. The first kappa shape index (κ1) is 30.9. The molecule has 44 heavy (non-hydrogen) atoms. The van der Waals surface area contributed by atoms with Crippen molar-refractivity contribution in [2.75, 3.05) is 7.11 Å². The van der Waals surface area contributed by atoms with Crippen molar-refractivity contribution in [3.05, 3.63) is 94.7 Å². The SMILES string of the molecule is C=Cc1c(C)c2[nH]c1=C(Br)C1=NC(=C(Br)C3=C(C)C4=C(O)CC(=C5N=C(C(C)=C5CCC(=O)OC)C=2Br)C4=N3)C(CC)=C1C. The van der Waals surface area contributed by atoms with Gasteiger partial charge in [0.05, 0.1) is 65.5 Å². The molecule has 5 heterocycles.